The summed E-state index contributed by atoms with van der Waals surface area (Å²) in [6, 6.07) is 8.62. The molecule has 116 valence electrons. The Kier molecular flexibility index (Phi) is 3.81. The van der Waals surface area contributed by atoms with E-state index in [1.807, 2.05) is 6.07 Å². The van der Waals surface area contributed by atoms with Gasteiger partial charge in [-0.1, -0.05) is 6.07 Å². The van der Waals surface area contributed by atoms with E-state index in [1.165, 1.54) is 7.11 Å². The molecular weight excluding hydrogens is 282 g/mol. The Labute approximate surface area is 128 Å². The van der Waals surface area contributed by atoms with Crippen molar-refractivity contribution >= 4 is 0 Å². The van der Waals surface area contributed by atoms with E-state index in [0.717, 1.165) is 29.7 Å². The van der Waals surface area contributed by atoms with Gasteiger partial charge in [0.1, 0.15) is 0 Å². The molecule has 2 aromatic rings. The zero-order chi connectivity index (χ0) is 15.7. The summed E-state index contributed by atoms with van der Waals surface area (Å²) in [6.07, 6.45) is 1.49. The molecule has 4 N–H and O–H groups in total. The lowest BCUT2D eigenvalue weighted by atomic mass is 9.90. The van der Waals surface area contributed by atoms with Crippen molar-refractivity contribution in [2.24, 2.45) is 0 Å². The smallest absolute Gasteiger partial charge is 0.160 e. The Morgan fingerprint density at radius 2 is 1.86 bits per heavy atom. The second-order valence-corrected chi connectivity index (χ2v) is 5.51. The molecule has 0 unspecified atom stereocenters. The second-order valence-electron chi connectivity index (χ2n) is 5.51. The lowest BCUT2D eigenvalue weighted by molar-refractivity contribution is 0.372. The maximum atomic E-state index is 9.88. The van der Waals surface area contributed by atoms with E-state index in [1.54, 1.807) is 24.3 Å². The minimum Gasteiger partial charge on any atom is -0.504 e. The van der Waals surface area contributed by atoms with Gasteiger partial charge in [-0.2, -0.15) is 0 Å². The number of ether oxygens (including phenoxy) is 1. The van der Waals surface area contributed by atoms with E-state index in [2.05, 4.69) is 5.32 Å². The number of rotatable bonds is 3. The van der Waals surface area contributed by atoms with Crippen molar-refractivity contribution in [1.29, 1.82) is 0 Å². The van der Waals surface area contributed by atoms with Crippen LogP contribution in [-0.4, -0.2) is 29.0 Å². The van der Waals surface area contributed by atoms with E-state index in [4.69, 9.17) is 4.74 Å². The normalized spacial score (nSPS) is 17.0. The van der Waals surface area contributed by atoms with Crippen molar-refractivity contribution < 1.29 is 20.1 Å². The predicted molar refractivity (Wildman–Crippen MR) is 82.6 cm³/mol. The summed E-state index contributed by atoms with van der Waals surface area (Å²) in [5, 5.41) is 32.7. The summed E-state index contributed by atoms with van der Waals surface area (Å²) in [5.41, 5.74) is 2.99. The van der Waals surface area contributed by atoms with Crippen LogP contribution in [0, 0.1) is 0 Å². The minimum absolute atomic E-state index is 0.0306. The van der Waals surface area contributed by atoms with Crippen LogP contribution in [0.5, 0.6) is 23.0 Å². The third kappa shape index (κ3) is 2.67. The van der Waals surface area contributed by atoms with Crippen molar-refractivity contribution in [3.8, 4) is 23.0 Å². The van der Waals surface area contributed by atoms with Crippen LogP contribution >= 0.6 is 0 Å². The van der Waals surface area contributed by atoms with Crippen LogP contribution in [0.25, 0.3) is 0 Å². The highest BCUT2D eigenvalue weighted by molar-refractivity contribution is 5.48. The van der Waals surface area contributed by atoms with Crippen molar-refractivity contribution in [2.45, 2.75) is 18.9 Å². The van der Waals surface area contributed by atoms with E-state index < -0.39 is 0 Å². The first-order chi connectivity index (χ1) is 10.6. The molecule has 0 fully saturated rings. The lowest BCUT2D eigenvalue weighted by Gasteiger charge is -2.27. The third-order valence-corrected chi connectivity index (χ3v) is 4.08. The molecule has 0 saturated heterocycles. The van der Waals surface area contributed by atoms with E-state index >= 15 is 0 Å². The number of phenolic OH excluding ortho intramolecular Hbond substituents is 3. The molecule has 5 nitrogen and oxygen atoms in total. The number of fused-ring (bicyclic) bond motifs is 1. The predicted octanol–water partition coefficient (Wildman–Crippen LogP) is 2.24. The van der Waals surface area contributed by atoms with Gasteiger partial charge in [0.2, 0.25) is 0 Å². The van der Waals surface area contributed by atoms with Crippen LogP contribution in [-0.2, 0) is 12.8 Å². The summed E-state index contributed by atoms with van der Waals surface area (Å²) in [7, 11) is 1.52. The van der Waals surface area contributed by atoms with Crippen molar-refractivity contribution in [2.75, 3.05) is 13.7 Å². The van der Waals surface area contributed by atoms with Crippen molar-refractivity contribution in [3.63, 3.8) is 0 Å². The Balaban J connectivity index is 1.88. The average Bonchev–Trinajstić information content (AvgIpc) is 2.49. The Hall–Kier alpha value is -2.40. The van der Waals surface area contributed by atoms with Gasteiger partial charge in [-0.25, -0.2) is 0 Å². The first-order valence-corrected chi connectivity index (χ1v) is 7.22. The molecule has 1 atom stereocenters. The van der Waals surface area contributed by atoms with Gasteiger partial charge < -0.3 is 25.4 Å². The van der Waals surface area contributed by atoms with Gasteiger partial charge in [-0.05, 0) is 60.3 Å². The Morgan fingerprint density at radius 3 is 2.59 bits per heavy atom. The van der Waals surface area contributed by atoms with E-state index in [0.29, 0.717) is 12.2 Å². The lowest BCUT2D eigenvalue weighted by Crippen LogP contribution is -2.31. The Morgan fingerprint density at radius 1 is 1.09 bits per heavy atom. The number of methoxy groups -OCH3 is 1. The zero-order valence-corrected chi connectivity index (χ0v) is 12.3. The molecule has 0 aliphatic carbocycles. The van der Waals surface area contributed by atoms with Gasteiger partial charge in [0.25, 0.3) is 0 Å². The van der Waals surface area contributed by atoms with Crippen LogP contribution < -0.4 is 10.1 Å². The average molecular weight is 301 g/mol. The summed E-state index contributed by atoms with van der Waals surface area (Å²) in [6.45, 7) is 0.810. The highest BCUT2D eigenvalue weighted by Gasteiger charge is 2.22. The van der Waals surface area contributed by atoms with Gasteiger partial charge >= 0.3 is 0 Å². The van der Waals surface area contributed by atoms with Gasteiger partial charge in [-0.3, -0.25) is 0 Å². The van der Waals surface area contributed by atoms with Gasteiger partial charge in [0.05, 0.1) is 7.11 Å². The number of hydrogen-bond acceptors (Lipinski definition) is 5. The maximum absolute atomic E-state index is 9.88. The third-order valence-electron chi connectivity index (χ3n) is 4.08. The van der Waals surface area contributed by atoms with Crippen LogP contribution in [0.1, 0.15) is 22.7 Å². The van der Waals surface area contributed by atoms with Gasteiger partial charge in [0, 0.05) is 6.04 Å². The summed E-state index contributed by atoms with van der Waals surface area (Å²) in [5.74, 6) is 0.374. The maximum Gasteiger partial charge on any atom is 0.160 e. The molecule has 1 aliphatic rings. The van der Waals surface area contributed by atoms with Crippen molar-refractivity contribution in [1.82, 2.24) is 5.32 Å². The van der Waals surface area contributed by atoms with Crippen LogP contribution in [0.2, 0.25) is 0 Å². The number of benzene rings is 2. The van der Waals surface area contributed by atoms with Crippen LogP contribution in [0.3, 0.4) is 0 Å². The molecule has 0 amide bonds. The molecule has 0 spiro atoms. The molecule has 22 heavy (non-hydrogen) atoms. The zero-order valence-electron chi connectivity index (χ0n) is 12.3. The number of aromatic hydroxyl groups is 3. The molecule has 0 aromatic heterocycles. The molecule has 0 bridgehead atoms. The number of phenols is 3. The molecular formula is C17H19NO4. The van der Waals surface area contributed by atoms with Gasteiger partial charge in [0.15, 0.2) is 23.0 Å². The molecule has 3 rings (SSSR count). The first-order valence-electron chi connectivity index (χ1n) is 7.22. The number of nitrogens with one attached hydrogen (secondary N) is 1. The minimum atomic E-state index is -0.106. The van der Waals surface area contributed by atoms with Crippen molar-refractivity contribution in [3.05, 3.63) is 47.0 Å². The topological polar surface area (TPSA) is 82.0 Å². The first kappa shape index (κ1) is 14.5. The molecule has 5 heteroatoms. The molecule has 0 radical (unpaired) electrons. The molecule has 0 saturated carbocycles. The SMILES string of the molecule is COc1ccc(C[C@@H]2NCCc3cc(O)c(O)cc32)cc1O. The fourth-order valence-electron chi connectivity index (χ4n) is 2.95. The monoisotopic (exact) mass is 301 g/mol. The number of hydrogen-bond donors (Lipinski definition) is 4. The summed E-state index contributed by atoms with van der Waals surface area (Å²) >= 11 is 0. The second kappa shape index (κ2) is 5.77. The fourth-order valence-corrected chi connectivity index (χ4v) is 2.95. The largest absolute Gasteiger partial charge is 0.504 e. The van der Waals surface area contributed by atoms with E-state index in [9.17, 15) is 15.3 Å². The molecule has 1 heterocycles. The van der Waals surface area contributed by atoms with E-state index in [-0.39, 0.29) is 23.3 Å². The molecule has 1 aliphatic heterocycles. The summed E-state index contributed by atoms with van der Waals surface area (Å²) < 4.78 is 5.05. The van der Waals surface area contributed by atoms with Gasteiger partial charge in [-0.15, -0.1) is 0 Å². The Bertz CT molecular complexity index is 699. The van der Waals surface area contributed by atoms with Crippen LogP contribution in [0.4, 0.5) is 0 Å². The highest BCUT2D eigenvalue weighted by Crippen LogP contribution is 2.35. The fraction of sp³-hybridized carbons (Fsp3) is 0.294. The molecule has 2 aromatic carbocycles. The quantitative estimate of drug-likeness (QED) is 0.654. The van der Waals surface area contributed by atoms with Crippen LogP contribution in [0.15, 0.2) is 30.3 Å². The summed E-state index contributed by atoms with van der Waals surface area (Å²) in [4.78, 5) is 0. The highest BCUT2D eigenvalue weighted by atomic mass is 16.5. The standard InChI is InChI=1S/C17H19NO4/c1-22-17-3-2-10(7-16(17)21)6-13-12-9-15(20)14(19)8-11(12)4-5-18-13/h2-3,7-9,13,18-21H,4-6H2,1H3/t13-/m0/s1.